The molecule has 0 aliphatic carbocycles. The van der Waals surface area contributed by atoms with E-state index in [2.05, 4.69) is 137 Å². The number of rotatable bonds is 16. The molecule has 0 bridgehead atoms. The lowest BCUT2D eigenvalue weighted by atomic mass is 9.98. The quantitative estimate of drug-likeness (QED) is 0.0982. The Morgan fingerprint density at radius 2 is 0.875 bits per heavy atom. The van der Waals surface area contributed by atoms with Crippen molar-refractivity contribution >= 4 is 67.4 Å². The van der Waals surface area contributed by atoms with Crippen molar-refractivity contribution in [2.45, 2.75) is 79.1 Å². The van der Waals surface area contributed by atoms with Gasteiger partial charge in [0.25, 0.3) is 11.8 Å². The van der Waals surface area contributed by atoms with Gasteiger partial charge in [0, 0.05) is 22.8 Å². The van der Waals surface area contributed by atoms with Crippen molar-refractivity contribution in [2.24, 2.45) is 11.8 Å². The molecule has 0 radical (unpaired) electrons. The molecule has 0 saturated carbocycles. The number of benzene rings is 4. The molecule has 2 aliphatic heterocycles. The lowest BCUT2D eigenvalue weighted by Gasteiger charge is -2.29. The Labute approximate surface area is 340 Å². The Balaban J connectivity index is 1.27. The topological polar surface area (TPSA) is 40.6 Å². The summed E-state index contributed by atoms with van der Waals surface area (Å²) in [6.45, 7) is 10.2. The summed E-state index contributed by atoms with van der Waals surface area (Å²) in [6, 6.07) is 38.7. The molecule has 2 unspecified atom stereocenters. The molecule has 4 aromatic carbocycles. The lowest BCUT2D eigenvalue weighted by Crippen LogP contribution is -2.34. The third-order valence-electron chi connectivity index (χ3n) is 11.9. The Morgan fingerprint density at radius 1 is 0.482 bits per heavy atom. The first-order valence-corrected chi connectivity index (χ1v) is 22.4. The zero-order chi connectivity index (χ0) is 38.8. The van der Waals surface area contributed by atoms with Gasteiger partial charge in [0.1, 0.15) is 0 Å². The Kier molecular flexibility index (Phi) is 11.4. The number of nitrogens with zero attached hydrogens (tertiary/aromatic N) is 2. The highest BCUT2D eigenvalue weighted by molar-refractivity contribution is 7.17. The summed E-state index contributed by atoms with van der Waals surface area (Å²) in [4.78, 5) is 38.6. The van der Waals surface area contributed by atoms with E-state index in [0.29, 0.717) is 36.1 Å². The molecule has 4 heterocycles. The van der Waals surface area contributed by atoms with E-state index in [9.17, 15) is 0 Å². The molecule has 2 aromatic heterocycles. The van der Waals surface area contributed by atoms with Crippen LogP contribution in [0.3, 0.4) is 0 Å². The van der Waals surface area contributed by atoms with Gasteiger partial charge in [-0.15, -0.1) is 22.7 Å². The molecular weight excluding hydrogens is 725 g/mol. The van der Waals surface area contributed by atoms with E-state index in [1.807, 2.05) is 9.80 Å². The number of unbranched alkanes of at least 4 members (excludes halogenated alkanes) is 2. The van der Waals surface area contributed by atoms with E-state index >= 15 is 9.59 Å². The SMILES string of the molecule is CCCCC(CC)CN1C(=O)C2=C(c3ccc(-c4ccc5ccccc5c4)s3)N(CC(CC)CCCC)C(=O)C2=C1c1ccc(-c2ccc3ccccc3c2)s1. The fraction of sp³-hybridized carbons (Fsp3) is 0.320. The average Bonchev–Trinajstić information content (AvgIpc) is 4.03. The number of carbonyl (C=O) groups excluding carboxylic acids is 2. The summed E-state index contributed by atoms with van der Waals surface area (Å²) in [5, 5.41) is 4.82. The van der Waals surface area contributed by atoms with Crippen LogP contribution in [0.4, 0.5) is 0 Å². The van der Waals surface area contributed by atoms with Crippen LogP contribution in [0.2, 0.25) is 0 Å². The van der Waals surface area contributed by atoms with Gasteiger partial charge in [-0.3, -0.25) is 9.59 Å². The summed E-state index contributed by atoms with van der Waals surface area (Å²) in [5.74, 6) is 0.643. The highest BCUT2D eigenvalue weighted by atomic mass is 32.1. The van der Waals surface area contributed by atoms with Crippen LogP contribution in [0, 0.1) is 11.8 Å². The van der Waals surface area contributed by atoms with Crippen molar-refractivity contribution in [1.29, 1.82) is 0 Å². The number of carbonyl (C=O) groups is 2. The minimum atomic E-state index is -0.0290. The maximum absolute atomic E-state index is 15.2. The van der Waals surface area contributed by atoms with Gasteiger partial charge in [-0.1, -0.05) is 139 Å². The van der Waals surface area contributed by atoms with E-state index in [4.69, 9.17) is 0 Å². The van der Waals surface area contributed by atoms with Gasteiger partial charge in [0.2, 0.25) is 0 Å². The second-order valence-electron chi connectivity index (χ2n) is 15.6. The molecule has 6 aromatic rings. The Bertz CT molecular complexity index is 2290. The highest BCUT2D eigenvalue weighted by Crippen LogP contribution is 2.51. The van der Waals surface area contributed by atoms with Crippen LogP contribution < -0.4 is 0 Å². The number of fused-ring (bicyclic) bond motifs is 3. The smallest absolute Gasteiger partial charge is 0.261 e. The molecule has 0 N–H and O–H groups in total. The molecule has 286 valence electrons. The zero-order valence-electron chi connectivity index (χ0n) is 33.1. The Hall–Kier alpha value is -4.78. The predicted molar refractivity (Wildman–Crippen MR) is 238 cm³/mol. The predicted octanol–water partition coefficient (Wildman–Crippen LogP) is 13.7. The number of hydrogen-bond acceptors (Lipinski definition) is 4. The molecular formula is C50H52N2O2S2. The molecule has 6 heteroatoms. The zero-order valence-corrected chi connectivity index (χ0v) is 34.8. The molecule has 0 saturated heterocycles. The second kappa shape index (κ2) is 16.8. The summed E-state index contributed by atoms with van der Waals surface area (Å²) in [5.41, 5.74) is 5.08. The lowest BCUT2D eigenvalue weighted by molar-refractivity contribution is -0.124. The standard InChI is InChI=1S/C50H52N2O2S2/c1-5-9-15-33(7-3)31-51-47(43-27-25-41(55-43)39-23-21-35-17-11-13-19-37(35)29-39)45-46(49(51)53)48(52(50(45)54)32-34(8-4)16-10-6-2)44-28-26-42(56-44)40-24-22-36-18-12-14-20-38(36)30-40/h11-14,17-30,33-34H,5-10,15-16,31-32H2,1-4H3. The largest absolute Gasteiger partial charge is 0.306 e. The van der Waals surface area contributed by atoms with Crippen molar-refractivity contribution in [3.63, 3.8) is 0 Å². The fourth-order valence-corrected chi connectivity index (χ4v) is 10.7. The van der Waals surface area contributed by atoms with E-state index in [-0.39, 0.29) is 11.8 Å². The molecule has 4 nitrogen and oxygen atoms in total. The number of amides is 2. The van der Waals surface area contributed by atoms with E-state index in [0.717, 1.165) is 93.4 Å². The fourth-order valence-electron chi connectivity index (χ4n) is 8.53. The highest BCUT2D eigenvalue weighted by Gasteiger charge is 2.50. The van der Waals surface area contributed by atoms with Crippen LogP contribution in [-0.4, -0.2) is 34.7 Å². The molecule has 2 aliphatic rings. The van der Waals surface area contributed by atoms with E-state index in [1.165, 1.54) is 21.5 Å². The maximum Gasteiger partial charge on any atom is 0.261 e. The molecule has 0 fully saturated rings. The molecule has 8 rings (SSSR count). The Morgan fingerprint density at radius 3 is 1.27 bits per heavy atom. The van der Waals surface area contributed by atoms with Crippen LogP contribution in [0.5, 0.6) is 0 Å². The summed E-state index contributed by atoms with van der Waals surface area (Å²) >= 11 is 3.38. The molecule has 56 heavy (non-hydrogen) atoms. The van der Waals surface area contributed by atoms with Crippen molar-refractivity contribution in [3.8, 4) is 20.9 Å². The monoisotopic (exact) mass is 776 g/mol. The van der Waals surface area contributed by atoms with E-state index < -0.39 is 0 Å². The van der Waals surface area contributed by atoms with Gasteiger partial charge >= 0.3 is 0 Å². The normalized spacial score (nSPS) is 15.6. The van der Waals surface area contributed by atoms with Crippen molar-refractivity contribution in [1.82, 2.24) is 9.80 Å². The molecule has 2 amide bonds. The van der Waals surface area contributed by atoms with Gasteiger partial charge in [-0.2, -0.15) is 0 Å². The number of hydrogen-bond donors (Lipinski definition) is 0. The minimum Gasteiger partial charge on any atom is -0.306 e. The van der Waals surface area contributed by atoms with Gasteiger partial charge < -0.3 is 9.80 Å². The van der Waals surface area contributed by atoms with Crippen LogP contribution in [0.25, 0.3) is 53.8 Å². The number of thiophene rings is 2. The van der Waals surface area contributed by atoms with Gasteiger partial charge in [0.05, 0.1) is 32.3 Å². The average molecular weight is 777 g/mol. The van der Waals surface area contributed by atoms with E-state index in [1.54, 1.807) is 22.7 Å². The third-order valence-corrected chi connectivity index (χ3v) is 14.2. The summed E-state index contributed by atoms with van der Waals surface area (Å²) < 4.78 is 0. The minimum absolute atomic E-state index is 0.0290. The van der Waals surface area contributed by atoms with Crippen LogP contribution in [-0.2, 0) is 9.59 Å². The first-order valence-electron chi connectivity index (χ1n) is 20.7. The van der Waals surface area contributed by atoms with Crippen LogP contribution in [0.1, 0.15) is 88.8 Å². The molecule has 2 atom stereocenters. The third kappa shape index (κ3) is 7.30. The van der Waals surface area contributed by atoms with Gasteiger partial charge in [-0.05, 0) is 93.7 Å². The maximum atomic E-state index is 15.2. The summed E-state index contributed by atoms with van der Waals surface area (Å²) in [6.07, 6.45) is 8.59. The van der Waals surface area contributed by atoms with Gasteiger partial charge in [0.15, 0.2) is 0 Å². The first-order chi connectivity index (χ1) is 27.4. The van der Waals surface area contributed by atoms with Crippen molar-refractivity contribution in [2.75, 3.05) is 13.1 Å². The van der Waals surface area contributed by atoms with Gasteiger partial charge in [-0.25, -0.2) is 0 Å². The van der Waals surface area contributed by atoms with Crippen LogP contribution in [0.15, 0.2) is 120 Å². The summed E-state index contributed by atoms with van der Waals surface area (Å²) in [7, 11) is 0. The molecule has 0 spiro atoms. The first kappa shape index (κ1) is 38.1. The van der Waals surface area contributed by atoms with Crippen molar-refractivity contribution < 1.29 is 9.59 Å². The van der Waals surface area contributed by atoms with Crippen molar-refractivity contribution in [3.05, 3.63) is 130 Å². The second-order valence-corrected chi connectivity index (χ2v) is 17.7. The van der Waals surface area contributed by atoms with Crippen LogP contribution >= 0.6 is 22.7 Å².